The predicted octanol–water partition coefficient (Wildman–Crippen LogP) is 15.1. The second-order valence-corrected chi connectivity index (χ2v) is 16.7. The summed E-state index contributed by atoms with van der Waals surface area (Å²) in [7, 11) is 0. The standard InChI is InChI=1S/C55H32N4OS/c1-2-13-33(14-3-1)34-17-12-18-37(29-34)53-56-54(38-25-28-50-45(31-38)41-21-8-11-24-49(41)61-50)58-55(57-53)43-27-26-42-40-20-7-10-23-48(40)60-52(42)51(43)59-46-22-9-6-19-39(46)44-30-35-15-4-5-16-36(35)32-47(44)59/h1-32H. The summed E-state index contributed by atoms with van der Waals surface area (Å²) in [5, 5.41) is 9.19. The summed E-state index contributed by atoms with van der Waals surface area (Å²) < 4.78 is 11.8. The van der Waals surface area contributed by atoms with Crippen LogP contribution >= 0.6 is 11.3 Å². The average molecular weight is 797 g/mol. The molecule has 13 aromatic rings. The van der Waals surface area contributed by atoms with Gasteiger partial charge in [-0.3, -0.25) is 0 Å². The van der Waals surface area contributed by atoms with Crippen LogP contribution in [-0.4, -0.2) is 19.5 Å². The van der Waals surface area contributed by atoms with Crippen LogP contribution in [0.4, 0.5) is 0 Å². The number of hydrogen-bond acceptors (Lipinski definition) is 5. The second kappa shape index (κ2) is 13.3. The Bertz CT molecular complexity index is 3900. The van der Waals surface area contributed by atoms with Crippen molar-refractivity contribution in [3.8, 4) is 51.0 Å². The van der Waals surface area contributed by atoms with Crippen LogP contribution in [0.5, 0.6) is 0 Å². The Morgan fingerprint density at radius 3 is 1.90 bits per heavy atom. The minimum absolute atomic E-state index is 0.560. The van der Waals surface area contributed by atoms with E-state index in [0.717, 1.165) is 77.2 Å². The zero-order valence-corrected chi connectivity index (χ0v) is 33.4. The van der Waals surface area contributed by atoms with Gasteiger partial charge in [-0.2, -0.15) is 0 Å². The molecule has 0 saturated heterocycles. The number of aromatic nitrogens is 4. The fourth-order valence-corrected chi connectivity index (χ4v) is 10.2. The molecule has 6 heteroatoms. The number of hydrogen-bond donors (Lipinski definition) is 0. The van der Waals surface area contributed by atoms with E-state index in [4.69, 9.17) is 19.4 Å². The summed E-state index contributed by atoms with van der Waals surface area (Å²) in [6.07, 6.45) is 0. The maximum atomic E-state index is 6.94. The van der Waals surface area contributed by atoms with Crippen molar-refractivity contribution < 1.29 is 4.42 Å². The van der Waals surface area contributed by atoms with Crippen molar-refractivity contribution in [2.75, 3.05) is 0 Å². The highest BCUT2D eigenvalue weighted by Crippen LogP contribution is 2.44. The molecular weight excluding hydrogens is 765 g/mol. The van der Waals surface area contributed by atoms with Gasteiger partial charge in [0, 0.05) is 58.4 Å². The van der Waals surface area contributed by atoms with E-state index >= 15 is 0 Å². The summed E-state index contributed by atoms with van der Waals surface area (Å²) >= 11 is 1.80. The minimum atomic E-state index is 0.560. The fraction of sp³-hybridized carbons (Fsp3) is 0. The molecule has 0 saturated carbocycles. The van der Waals surface area contributed by atoms with Gasteiger partial charge in [0.25, 0.3) is 0 Å². The Morgan fingerprint density at radius 1 is 0.377 bits per heavy atom. The van der Waals surface area contributed by atoms with E-state index in [2.05, 4.69) is 180 Å². The highest BCUT2D eigenvalue weighted by molar-refractivity contribution is 7.25. The monoisotopic (exact) mass is 796 g/mol. The van der Waals surface area contributed by atoms with Gasteiger partial charge in [0.05, 0.1) is 11.0 Å². The molecule has 284 valence electrons. The van der Waals surface area contributed by atoms with Gasteiger partial charge in [0.15, 0.2) is 23.1 Å². The highest BCUT2D eigenvalue weighted by Gasteiger charge is 2.25. The number of furan rings is 1. The van der Waals surface area contributed by atoms with Gasteiger partial charge in [-0.05, 0) is 88.6 Å². The maximum absolute atomic E-state index is 6.94. The molecule has 0 aliphatic heterocycles. The Kier molecular flexibility index (Phi) is 7.41. The highest BCUT2D eigenvalue weighted by atomic mass is 32.1. The van der Waals surface area contributed by atoms with Crippen LogP contribution in [0, 0.1) is 0 Å². The summed E-state index contributed by atoms with van der Waals surface area (Å²) in [6.45, 7) is 0. The summed E-state index contributed by atoms with van der Waals surface area (Å²) in [4.78, 5) is 16.1. The molecule has 0 radical (unpaired) electrons. The lowest BCUT2D eigenvalue weighted by atomic mass is 10.0. The number of fused-ring (bicyclic) bond motifs is 10. The van der Waals surface area contributed by atoms with E-state index in [-0.39, 0.29) is 0 Å². The molecule has 0 unspecified atom stereocenters. The lowest BCUT2D eigenvalue weighted by molar-refractivity contribution is 0.666. The third kappa shape index (κ3) is 5.36. The van der Waals surface area contributed by atoms with Crippen LogP contribution in [0.2, 0.25) is 0 Å². The normalized spacial score (nSPS) is 11.9. The molecule has 9 aromatic carbocycles. The van der Waals surface area contributed by atoms with E-state index in [1.54, 1.807) is 11.3 Å². The Labute approximate surface area is 353 Å². The molecule has 61 heavy (non-hydrogen) atoms. The van der Waals surface area contributed by atoms with Crippen LogP contribution in [-0.2, 0) is 0 Å². The number of thiophene rings is 1. The first-order chi connectivity index (χ1) is 30.2. The molecule has 0 fully saturated rings. The van der Waals surface area contributed by atoms with Gasteiger partial charge in [0.2, 0.25) is 0 Å². The van der Waals surface area contributed by atoms with Gasteiger partial charge < -0.3 is 8.98 Å². The molecule has 0 aliphatic carbocycles. The Hall–Kier alpha value is -7.93. The summed E-state index contributed by atoms with van der Waals surface area (Å²) in [5.74, 6) is 1.76. The van der Waals surface area contributed by atoms with E-state index in [0.29, 0.717) is 17.5 Å². The summed E-state index contributed by atoms with van der Waals surface area (Å²) in [5.41, 5.74) is 9.53. The molecule has 0 bridgehead atoms. The molecule has 4 aromatic heterocycles. The molecular formula is C55H32N4OS. The van der Waals surface area contributed by atoms with E-state index < -0.39 is 0 Å². The van der Waals surface area contributed by atoms with Crippen molar-refractivity contribution in [2.45, 2.75) is 0 Å². The number of nitrogens with zero attached hydrogens (tertiary/aromatic N) is 4. The van der Waals surface area contributed by atoms with Crippen molar-refractivity contribution in [1.29, 1.82) is 0 Å². The number of benzene rings is 9. The zero-order valence-electron chi connectivity index (χ0n) is 32.6. The molecule has 4 heterocycles. The molecule has 0 amide bonds. The smallest absolute Gasteiger partial charge is 0.166 e. The van der Waals surface area contributed by atoms with Crippen LogP contribution in [0.1, 0.15) is 0 Å². The van der Waals surface area contributed by atoms with Crippen molar-refractivity contribution >= 4 is 86.0 Å². The third-order valence-corrected chi connectivity index (χ3v) is 13.2. The topological polar surface area (TPSA) is 56.7 Å². The van der Waals surface area contributed by atoms with Gasteiger partial charge in [-0.25, -0.2) is 15.0 Å². The number of para-hydroxylation sites is 2. The van der Waals surface area contributed by atoms with Gasteiger partial charge >= 0.3 is 0 Å². The SMILES string of the molecule is c1ccc(-c2cccc(-c3nc(-c4ccc5sc6ccccc6c5c4)nc(-c4ccc5c(oc6ccccc65)c4-n4c5ccccc5c5cc6ccccc6cc54)n3)c2)cc1. The lowest BCUT2D eigenvalue weighted by Gasteiger charge is -2.15. The zero-order chi connectivity index (χ0) is 40.0. The molecule has 0 N–H and O–H groups in total. The second-order valence-electron chi connectivity index (χ2n) is 15.6. The van der Waals surface area contributed by atoms with Crippen LogP contribution in [0.15, 0.2) is 199 Å². The average Bonchev–Trinajstić information content (AvgIpc) is 4.00. The minimum Gasteiger partial charge on any atom is -0.454 e. The van der Waals surface area contributed by atoms with Crippen LogP contribution in [0.3, 0.4) is 0 Å². The summed E-state index contributed by atoms with van der Waals surface area (Å²) in [6, 6.07) is 68.5. The van der Waals surface area contributed by atoms with Crippen molar-refractivity contribution in [3.05, 3.63) is 194 Å². The Morgan fingerprint density at radius 2 is 1.03 bits per heavy atom. The first kappa shape index (κ1) is 34.0. The van der Waals surface area contributed by atoms with E-state index in [9.17, 15) is 0 Å². The fourth-order valence-electron chi connectivity index (χ4n) is 9.16. The maximum Gasteiger partial charge on any atom is 0.166 e. The largest absolute Gasteiger partial charge is 0.454 e. The van der Waals surface area contributed by atoms with Gasteiger partial charge in [-0.15, -0.1) is 11.3 Å². The molecule has 0 aliphatic rings. The molecule has 0 atom stereocenters. The van der Waals surface area contributed by atoms with Crippen molar-refractivity contribution in [1.82, 2.24) is 19.5 Å². The molecule has 5 nitrogen and oxygen atoms in total. The molecule has 13 rings (SSSR count). The van der Waals surface area contributed by atoms with E-state index in [1.807, 2.05) is 18.2 Å². The number of rotatable bonds is 5. The van der Waals surface area contributed by atoms with E-state index in [1.165, 1.54) is 30.9 Å². The lowest BCUT2D eigenvalue weighted by Crippen LogP contribution is -2.04. The van der Waals surface area contributed by atoms with Gasteiger partial charge in [0.1, 0.15) is 11.3 Å². The van der Waals surface area contributed by atoms with Crippen LogP contribution in [0.25, 0.3) is 126 Å². The first-order valence-corrected chi connectivity index (χ1v) is 21.2. The first-order valence-electron chi connectivity index (χ1n) is 20.4. The van der Waals surface area contributed by atoms with Gasteiger partial charge in [-0.1, -0.05) is 127 Å². The third-order valence-electron chi connectivity index (χ3n) is 12.0. The predicted molar refractivity (Wildman–Crippen MR) is 254 cm³/mol. The molecule has 0 spiro atoms. The van der Waals surface area contributed by atoms with Crippen molar-refractivity contribution in [3.63, 3.8) is 0 Å². The Balaban J connectivity index is 1.13. The van der Waals surface area contributed by atoms with Crippen molar-refractivity contribution in [2.24, 2.45) is 0 Å². The van der Waals surface area contributed by atoms with Crippen LogP contribution < -0.4 is 0 Å². The quantitative estimate of drug-likeness (QED) is 0.174.